The van der Waals surface area contributed by atoms with Crippen LogP contribution < -0.4 is 5.32 Å². The lowest BCUT2D eigenvalue weighted by Gasteiger charge is -2.36. The molecule has 0 saturated heterocycles. The number of halogens is 1. The van der Waals surface area contributed by atoms with E-state index in [-0.39, 0.29) is 11.2 Å². The maximum absolute atomic E-state index is 13.1. The average molecular weight is 334 g/mol. The van der Waals surface area contributed by atoms with Crippen LogP contribution in [-0.2, 0) is 4.79 Å². The lowest BCUT2D eigenvalue weighted by Crippen LogP contribution is -2.34. The Labute approximate surface area is 138 Å². The molecule has 2 N–H and O–H groups in total. The van der Waals surface area contributed by atoms with Gasteiger partial charge in [0.25, 0.3) is 0 Å². The Hall–Kier alpha value is -1.82. The van der Waals surface area contributed by atoms with E-state index in [0.717, 1.165) is 34.8 Å². The van der Waals surface area contributed by atoms with Crippen LogP contribution in [0.2, 0.25) is 0 Å². The molecular weight excluding hydrogens is 315 g/mol. The minimum absolute atomic E-state index is 0.00561. The Morgan fingerprint density at radius 2 is 2.04 bits per heavy atom. The van der Waals surface area contributed by atoms with Gasteiger partial charge in [0, 0.05) is 22.0 Å². The summed E-state index contributed by atoms with van der Waals surface area (Å²) in [6.07, 6.45) is 1.62. The molecule has 122 valence electrons. The number of rotatable bonds is 3. The number of anilines is 1. The van der Waals surface area contributed by atoms with Crippen LogP contribution >= 0.6 is 11.8 Å². The molecule has 0 fully saturated rings. The molecule has 0 amide bonds. The summed E-state index contributed by atoms with van der Waals surface area (Å²) in [7, 11) is 0. The Balaban J connectivity index is 1.94. The van der Waals surface area contributed by atoms with E-state index in [4.69, 9.17) is 0 Å². The summed E-state index contributed by atoms with van der Waals surface area (Å²) in [6.45, 7) is 4.29. The van der Waals surface area contributed by atoms with Gasteiger partial charge >= 0.3 is 5.97 Å². The van der Waals surface area contributed by atoms with E-state index in [0.29, 0.717) is 5.75 Å². The molecule has 1 heterocycles. The molecule has 0 saturated carbocycles. The second-order valence-corrected chi connectivity index (χ2v) is 7.73. The van der Waals surface area contributed by atoms with Crippen molar-refractivity contribution < 1.29 is 14.3 Å². The van der Waals surface area contributed by atoms with Crippen molar-refractivity contribution in [3.8, 4) is 0 Å². The van der Waals surface area contributed by atoms with Crippen molar-refractivity contribution >= 4 is 29.1 Å². The van der Waals surface area contributed by atoms with Crippen molar-refractivity contribution in [1.29, 1.82) is 0 Å². The largest absolute Gasteiger partial charge is 0.480 e. The number of benzene rings is 1. The fourth-order valence-corrected chi connectivity index (χ4v) is 4.06. The number of thioether (sulfide) groups is 1. The monoisotopic (exact) mass is 334 g/mol. The molecular formula is C17H19FN2O2S. The Morgan fingerprint density at radius 3 is 2.70 bits per heavy atom. The first-order valence-corrected chi connectivity index (χ1v) is 8.51. The fourth-order valence-electron chi connectivity index (χ4n) is 2.93. The van der Waals surface area contributed by atoms with Gasteiger partial charge in [0.05, 0.1) is 5.71 Å². The van der Waals surface area contributed by atoms with Crippen LogP contribution in [0, 0.1) is 11.2 Å². The Morgan fingerprint density at radius 1 is 1.35 bits per heavy atom. The van der Waals surface area contributed by atoms with E-state index < -0.39 is 12.0 Å². The van der Waals surface area contributed by atoms with E-state index >= 15 is 0 Å². The van der Waals surface area contributed by atoms with Crippen LogP contribution in [0.3, 0.4) is 0 Å². The molecule has 0 unspecified atom stereocenters. The van der Waals surface area contributed by atoms with Gasteiger partial charge in [-0.2, -0.15) is 0 Å². The molecule has 4 nitrogen and oxygen atoms in total. The Bertz CT molecular complexity index is 695. The van der Waals surface area contributed by atoms with Crippen LogP contribution in [0.25, 0.3) is 0 Å². The highest BCUT2D eigenvalue weighted by Gasteiger charge is 2.36. The minimum Gasteiger partial charge on any atom is -0.480 e. The summed E-state index contributed by atoms with van der Waals surface area (Å²) >= 11 is 1.55. The van der Waals surface area contributed by atoms with Crippen LogP contribution in [0.4, 0.5) is 10.1 Å². The van der Waals surface area contributed by atoms with E-state index in [1.807, 2.05) is 0 Å². The highest BCUT2D eigenvalue weighted by atomic mass is 32.2. The molecule has 2 aliphatic rings. The zero-order chi connectivity index (χ0) is 16.6. The lowest BCUT2D eigenvalue weighted by molar-refractivity contribution is -0.137. The highest BCUT2D eigenvalue weighted by molar-refractivity contribution is 8.04. The first kappa shape index (κ1) is 16.1. The molecule has 0 radical (unpaired) electrons. The molecule has 0 spiro atoms. The van der Waals surface area contributed by atoms with Gasteiger partial charge in [-0.05, 0) is 42.5 Å². The molecule has 1 aromatic rings. The van der Waals surface area contributed by atoms with Gasteiger partial charge in [0.2, 0.25) is 0 Å². The van der Waals surface area contributed by atoms with Gasteiger partial charge in [-0.15, -0.1) is 11.8 Å². The number of nitrogens with zero attached hydrogens (tertiary/aromatic N) is 1. The molecule has 23 heavy (non-hydrogen) atoms. The Kier molecular flexibility index (Phi) is 4.19. The summed E-state index contributed by atoms with van der Waals surface area (Å²) in [6, 6.07) is 5.58. The molecule has 6 heteroatoms. The standard InChI is InChI=1S/C17H19FN2O2S/c1-17(2)7-12(19-11-5-3-10(18)4-6-11)15-13(8-17)20-14(9-23-15)16(21)22/h3-6,14,19H,7-9H2,1-2H3,(H,21,22)/t14-/m0/s1. The number of carboxylic acids is 1. The lowest BCUT2D eigenvalue weighted by atomic mass is 9.78. The summed E-state index contributed by atoms with van der Waals surface area (Å²) in [5.74, 6) is -0.695. The third kappa shape index (κ3) is 3.58. The summed E-state index contributed by atoms with van der Waals surface area (Å²) < 4.78 is 13.1. The molecule has 1 atom stereocenters. The molecule has 3 rings (SSSR count). The average Bonchev–Trinajstić information content (AvgIpc) is 2.47. The summed E-state index contributed by atoms with van der Waals surface area (Å²) in [4.78, 5) is 16.7. The number of aliphatic imine (C=N–C) groups is 1. The van der Waals surface area contributed by atoms with Crippen molar-refractivity contribution in [3.63, 3.8) is 0 Å². The molecule has 1 aliphatic carbocycles. The quantitative estimate of drug-likeness (QED) is 0.880. The second-order valence-electron chi connectivity index (χ2n) is 6.70. The number of hydrogen-bond donors (Lipinski definition) is 2. The zero-order valence-electron chi connectivity index (χ0n) is 13.1. The predicted molar refractivity (Wildman–Crippen MR) is 91.4 cm³/mol. The predicted octanol–water partition coefficient (Wildman–Crippen LogP) is 3.91. The van der Waals surface area contributed by atoms with Crippen LogP contribution in [-0.4, -0.2) is 28.6 Å². The number of nitrogens with one attached hydrogen (secondary N) is 1. The van der Waals surface area contributed by atoms with Crippen LogP contribution in [0.1, 0.15) is 26.7 Å². The van der Waals surface area contributed by atoms with E-state index in [2.05, 4.69) is 24.2 Å². The molecule has 1 aromatic carbocycles. The number of carboxylic acid groups (broad SMARTS) is 1. The number of aliphatic carboxylic acids is 1. The third-order valence-electron chi connectivity index (χ3n) is 3.96. The smallest absolute Gasteiger partial charge is 0.329 e. The number of hydrogen-bond acceptors (Lipinski definition) is 4. The van der Waals surface area contributed by atoms with Gasteiger partial charge in [0.15, 0.2) is 6.04 Å². The van der Waals surface area contributed by atoms with E-state index in [1.54, 1.807) is 23.9 Å². The van der Waals surface area contributed by atoms with E-state index in [1.165, 1.54) is 12.1 Å². The maximum Gasteiger partial charge on any atom is 0.329 e. The first-order valence-electron chi connectivity index (χ1n) is 7.52. The molecule has 1 aliphatic heterocycles. The van der Waals surface area contributed by atoms with Gasteiger partial charge < -0.3 is 10.4 Å². The second kappa shape index (κ2) is 6.00. The van der Waals surface area contributed by atoms with Crippen molar-refractivity contribution in [3.05, 3.63) is 40.7 Å². The summed E-state index contributed by atoms with van der Waals surface area (Å²) in [5.41, 5.74) is 2.74. The SMILES string of the molecule is CC1(C)CC2=N[C@H](C(=O)O)CSC2=C(Nc2ccc(F)cc2)C1. The first-order chi connectivity index (χ1) is 10.8. The number of allylic oxidation sites excluding steroid dienone is 2. The van der Waals surface area contributed by atoms with Gasteiger partial charge in [-0.1, -0.05) is 13.8 Å². The maximum atomic E-state index is 13.1. The topological polar surface area (TPSA) is 61.7 Å². The van der Waals surface area contributed by atoms with Crippen molar-refractivity contribution in [2.24, 2.45) is 10.4 Å². The zero-order valence-corrected chi connectivity index (χ0v) is 13.9. The number of fused-ring (bicyclic) bond motifs is 1. The van der Waals surface area contributed by atoms with Crippen LogP contribution in [0.15, 0.2) is 39.9 Å². The normalized spacial score (nSPS) is 23.1. The van der Waals surface area contributed by atoms with Crippen LogP contribution in [0.5, 0.6) is 0 Å². The fraction of sp³-hybridized carbons (Fsp3) is 0.412. The third-order valence-corrected chi connectivity index (χ3v) is 5.21. The number of carbonyl (C=O) groups is 1. The van der Waals surface area contributed by atoms with Gasteiger partial charge in [-0.3, -0.25) is 4.99 Å². The molecule has 0 aromatic heterocycles. The highest BCUT2D eigenvalue weighted by Crippen LogP contribution is 2.43. The van der Waals surface area contributed by atoms with Crippen molar-refractivity contribution in [1.82, 2.24) is 0 Å². The van der Waals surface area contributed by atoms with Gasteiger partial charge in [0.1, 0.15) is 5.82 Å². The van der Waals surface area contributed by atoms with E-state index in [9.17, 15) is 14.3 Å². The minimum atomic E-state index is -0.875. The summed E-state index contributed by atoms with van der Waals surface area (Å²) in [5, 5.41) is 12.6. The molecule has 0 bridgehead atoms. The van der Waals surface area contributed by atoms with Crippen molar-refractivity contribution in [2.45, 2.75) is 32.7 Å². The van der Waals surface area contributed by atoms with Gasteiger partial charge in [-0.25, -0.2) is 9.18 Å². The van der Waals surface area contributed by atoms with Crippen molar-refractivity contribution in [2.75, 3.05) is 11.1 Å².